The van der Waals surface area contributed by atoms with Crippen LogP contribution >= 0.6 is 11.6 Å². The Kier molecular flexibility index (Phi) is 5.95. The average molecular weight is 272 g/mol. The quantitative estimate of drug-likeness (QED) is 0.782. The molecule has 0 radical (unpaired) electrons. The van der Waals surface area contributed by atoms with Crippen LogP contribution in [0.4, 0.5) is 0 Å². The number of benzene rings is 1. The first-order chi connectivity index (χ1) is 8.50. The fourth-order valence-corrected chi connectivity index (χ4v) is 1.49. The molecule has 0 atom stereocenters. The van der Waals surface area contributed by atoms with Crippen molar-refractivity contribution in [1.29, 1.82) is 0 Å². The number of phenols is 1. The Hall–Kier alpha value is -1.26. The molecule has 0 bridgehead atoms. The summed E-state index contributed by atoms with van der Waals surface area (Å²) in [5.74, 6) is 0.218. The number of carbonyl (C=O) groups excluding carboxylic acids is 1. The first-order valence-electron chi connectivity index (χ1n) is 5.85. The molecule has 0 aliphatic rings. The van der Waals surface area contributed by atoms with Gasteiger partial charge >= 0.3 is 0 Å². The molecular formula is C13H18ClNO3. The van der Waals surface area contributed by atoms with Crippen LogP contribution in [0.25, 0.3) is 0 Å². The minimum absolute atomic E-state index is 0.0338. The number of halogens is 1. The Morgan fingerprint density at radius 2 is 2.22 bits per heavy atom. The van der Waals surface area contributed by atoms with Crippen LogP contribution in [0.2, 0.25) is 5.02 Å². The lowest BCUT2D eigenvalue weighted by Gasteiger charge is -2.08. The smallest absolute Gasteiger partial charge is 0.251 e. The van der Waals surface area contributed by atoms with E-state index >= 15 is 0 Å². The molecule has 0 heterocycles. The summed E-state index contributed by atoms with van der Waals surface area (Å²) in [6.45, 7) is 5.74. The molecule has 18 heavy (non-hydrogen) atoms. The molecule has 0 saturated carbocycles. The Morgan fingerprint density at radius 1 is 1.50 bits per heavy atom. The zero-order valence-electron chi connectivity index (χ0n) is 10.6. The van der Waals surface area contributed by atoms with E-state index in [0.717, 1.165) is 0 Å². The fourth-order valence-electron chi connectivity index (χ4n) is 1.31. The summed E-state index contributed by atoms with van der Waals surface area (Å²) in [6.07, 6.45) is 0. The summed E-state index contributed by atoms with van der Waals surface area (Å²) in [7, 11) is 0. The van der Waals surface area contributed by atoms with Gasteiger partial charge in [-0.1, -0.05) is 25.4 Å². The maximum atomic E-state index is 11.7. The molecule has 0 aliphatic carbocycles. The SMILES string of the molecule is CC(C)COCCNC(=O)c1ccc(O)c(Cl)c1. The van der Waals surface area contributed by atoms with Crippen molar-refractivity contribution in [1.82, 2.24) is 5.32 Å². The van der Waals surface area contributed by atoms with Crippen LogP contribution in [-0.2, 0) is 4.74 Å². The van der Waals surface area contributed by atoms with Gasteiger partial charge in [0.1, 0.15) is 5.75 Å². The predicted molar refractivity (Wildman–Crippen MR) is 71.1 cm³/mol. The number of phenolic OH excluding ortho intramolecular Hbond substituents is 1. The van der Waals surface area contributed by atoms with Crippen molar-refractivity contribution in [3.63, 3.8) is 0 Å². The van der Waals surface area contributed by atoms with Gasteiger partial charge in [-0.05, 0) is 24.1 Å². The highest BCUT2D eigenvalue weighted by atomic mass is 35.5. The van der Waals surface area contributed by atoms with E-state index in [-0.39, 0.29) is 16.7 Å². The maximum Gasteiger partial charge on any atom is 0.251 e. The van der Waals surface area contributed by atoms with Crippen LogP contribution in [0.3, 0.4) is 0 Å². The van der Waals surface area contributed by atoms with Crippen molar-refractivity contribution < 1.29 is 14.6 Å². The number of nitrogens with one attached hydrogen (secondary N) is 1. The number of ether oxygens (including phenoxy) is 1. The molecule has 1 rings (SSSR count). The summed E-state index contributed by atoms with van der Waals surface area (Å²) in [6, 6.07) is 4.35. The van der Waals surface area contributed by atoms with E-state index < -0.39 is 0 Å². The van der Waals surface area contributed by atoms with Crippen LogP contribution in [0.1, 0.15) is 24.2 Å². The van der Waals surface area contributed by atoms with E-state index in [1.54, 1.807) is 0 Å². The van der Waals surface area contributed by atoms with E-state index in [4.69, 9.17) is 16.3 Å². The molecule has 0 aliphatic heterocycles. The van der Waals surface area contributed by atoms with Gasteiger partial charge in [0.05, 0.1) is 11.6 Å². The first kappa shape index (κ1) is 14.8. The third-order valence-corrected chi connectivity index (χ3v) is 2.50. The highest BCUT2D eigenvalue weighted by molar-refractivity contribution is 6.32. The Bertz CT molecular complexity index is 407. The molecule has 2 N–H and O–H groups in total. The Labute approximate surface area is 112 Å². The van der Waals surface area contributed by atoms with E-state index in [0.29, 0.717) is 31.2 Å². The maximum absolute atomic E-state index is 11.7. The summed E-state index contributed by atoms with van der Waals surface area (Å²) in [5, 5.41) is 12.1. The molecule has 1 aromatic carbocycles. The Balaban J connectivity index is 2.34. The average Bonchev–Trinajstić information content (AvgIpc) is 2.31. The lowest BCUT2D eigenvalue weighted by atomic mass is 10.2. The molecule has 0 saturated heterocycles. The van der Waals surface area contributed by atoms with Gasteiger partial charge in [0.25, 0.3) is 5.91 Å². The zero-order valence-corrected chi connectivity index (χ0v) is 11.3. The van der Waals surface area contributed by atoms with Crippen molar-refractivity contribution >= 4 is 17.5 Å². The van der Waals surface area contributed by atoms with Gasteiger partial charge in [-0.15, -0.1) is 0 Å². The lowest BCUT2D eigenvalue weighted by molar-refractivity contribution is 0.0886. The first-order valence-corrected chi connectivity index (χ1v) is 6.23. The Morgan fingerprint density at radius 3 is 2.83 bits per heavy atom. The fraction of sp³-hybridized carbons (Fsp3) is 0.462. The number of hydrogen-bond donors (Lipinski definition) is 2. The highest BCUT2D eigenvalue weighted by Crippen LogP contribution is 2.23. The molecule has 5 heteroatoms. The summed E-state index contributed by atoms with van der Waals surface area (Å²) in [5.41, 5.74) is 0.418. The zero-order chi connectivity index (χ0) is 13.5. The lowest BCUT2D eigenvalue weighted by Crippen LogP contribution is -2.27. The van der Waals surface area contributed by atoms with Gasteiger partial charge in [0, 0.05) is 18.7 Å². The number of hydrogen-bond acceptors (Lipinski definition) is 3. The topological polar surface area (TPSA) is 58.6 Å². The van der Waals surface area contributed by atoms with Gasteiger partial charge in [0.2, 0.25) is 0 Å². The van der Waals surface area contributed by atoms with E-state index in [1.165, 1.54) is 18.2 Å². The summed E-state index contributed by atoms with van der Waals surface area (Å²) < 4.78 is 5.34. The minimum atomic E-state index is -0.231. The van der Waals surface area contributed by atoms with Crippen LogP contribution in [0.5, 0.6) is 5.75 Å². The van der Waals surface area contributed by atoms with Crippen LogP contribution in [0, 0.1) is 5.92 Å². The second kappa shape index (κ2) is 7.24. The van der Waals surface area contributed by atoms with E-state index in [1.807, 2.05) is 0 Å². The third kappa shape index (κ3) is 4.94. The number of aromatic hydroxyl groups is 1. The van der Waals surface area contributed by atoms with Crippen molar-refractivity contribution in [3.8, 4) is 5.75 Å². The predicted octanol–water partition coefficient (Wildman–Crippen LogP) is 2.45. The van der Waals surface area contributed by atoms with Crippen LogP contribution in [0.15, 0.2) is 18.2 Å². The molecule has 1 aromatic rings. The van der Waals surface area contributed by atoms with E-state index in [2.05, 4.69) is 19.2 Å². The van der Waals surface area contributed by atoms with Gasteiger partial charge < -0.3 is 15.2 Å². The summed E-state index contributed by atoms with van der Waals surface area (Å²) >= 11 is 5.72. The number of rotatable bonds is 6. The second-order valence-electron chi connectivity index (χ2n) is 4.39. The molecule has 100 valence electrons. The number of amides is 1. The van der Waals surface area contributed by atoms with Crippen LogP contribution in [-0.4, -0.2) is 30.8 Å². The van der Waals surface area contributed by atoms with Gasteiger partial charge in [-0.3, -0.25) is 4.79 Å². The van der Waals surface area contributed by atoms with Crippen molar-refractivity contribution in [2.24, 2.45) is 5.92 Å². The van der Waals surface area contributed by atoms with Crippen molar-refractivity contribution in [2.45, 2.75) is 13.8 Å². The molecule has 4 nitrogen and oxygen atoms in total. The summed E-state index contributed by atoms with van der Waals surface area (Å²) in [4.78, 5) is 11.7. The van der Waals surface area contributed by atoms with Crippen molar-refractivity contribution in [2.75, 3.05) is 19.8 Å². The molecule has 1 amide bonds. The normalized spacial score (nSPS) is 10.7. The number of carbonyl (C=O) groups is 1. The highest BCUT2D eigenvalue weighted by Gasteiger charge is 2.07. The molecule has 0 unspecified atom stereocenters. The molecule has 0 aromatic heterocycles. The molecule has 0 fully saturated rings. The van der Waals surface area contributed by atoms with Crippen LogP contribution < -0.4 is 5.32 Å². The van der Waals surface area contributed by atoms with Crippen molar-refractivity contribution in [3.05, 3.63) is 28.8 Å². The largest absolute Gasteiger partial charge is 0.506 e. The van der Waals surface area contributed by atoms with Gasteiger partial charge in [0.15, 0.2) is 0 Å². The molecule has 0 spiro atoms. The van der Waals surface area contributed by atoms with E-state index in [9.17, 15) is 9.90 Å². The second-order valence-corrected chi connectivity index (χ2v) is 4.80. The van der Waals surface area contributed by atoms with Gasteiger partial charge in [-0.2, -0.15) is 0 Å². The minimum Gasteiger partial charge on any atom is -0.506 e. The monoisotopic (exact) mass is 271 g/mol. The standard InChI is InChI=1S/C13H18ClNO3/c1-9(2)8-18-6-5-15-13(17)10-3-4-12(16)11(14)7-10/h3-4,7,9,16H,5-6,8H2,1-2H3,(H,15,17). The third-order valence-electron chi connectivity index (χ3n) is 2.19. The molecular weight excluding hydrogens is 254 g/mol. The van der Waals surface area contributed by atoms with Gasteiger partial charge in [-0.25, -0.2) is 0 Å².